The van der Waals surface area contributed by atoms with E-state index in [1.54, 1.807) is 7.11 Å². The van der Waals surface area contributed by atoms with Crippen molar-refractivity contribution in [3.63, 3.8) is 0 Å². The minimum absolute atomic E-state index is 0.0861. The highest BCUT2D eigenvalue weighted by molar-refractivity contribution is 6.30. The summed E-state index contributed by atoms with van der Waals surface area (Å²) in [7, 11) is 1.65. The van der Waals surface area contributed by atoms with Crippen LogP contribution >= 0.6 is 11.6 Å². The molecule has 1 heterocycles. The van der Waals surface area contributed by atoms with Gasteiger partial charge in [0.05, 0.1) is 20.3 Å². The van der Waals surface area contributed by atoms with Crippen LogP contribution in [0.3, 0.4) is 0 Å². The van der Waals surface area contributed by atoms with Crippen molar-refractivity contribution >= 4 is 29.0 Å². The van der Waals surface area contributed by atoms with E-state index in [0.29, 0.717) is 26.3 Å². The number of carbonyl (C=O) groups excluding carboxylic acids is 1. The molecule has 2 amide bonds. The molecule has 33 heavy (non-hydrogen) atoms. The summed E-state index contributed by atoms with van der Waals surface area (Å²) >= 11 is 6.11. The van der Waals surface area contributed by atoms with E-state index < -0.39 is 0 Å². The molecule has 1 saturated heterocycles. The fourth-order valence-electron chi connectivity index (χ4n) is 3.79. The number of carbonyl (C=O) groups is 1. The number of piperazine rings is 1. The Bertz CT molecular complexity index is 1070. The molecule has 1 N–H and O–H groups in total. The highest BCUT2D eigenvalue weighted by Crippen LogP contribution is 2.21. The van der Waals surface area contributed by atoms with Gasteiger partial charge < -0.3 is 24.6 Å². The predicted molar refractivity (Wildman–Crippen MR) is 132 cm³/mol. The van der Waals surface area contributed by atoms with Crippen LogP contribution in [0.15, 0.2) is 72.8 Å². The van der Waals surface area contributed by atoms with Gasteiger partial charge in [-0.15, -0.1) is 0 Å². The van der Waals surface area contributed by atoms with Gasteiger partial charge in [0.1, 0.15) is 5.75 Å². The Morgan fingerprint density at radius 2 is 1.64 bits per heavy atom. The number of urea groups is 1. The molecule has 1 aliphatic rings. The molecule has 0 atom stereocenters. The molecule has 0 aromatic heterocycles. The summed E-state index contributed by atoms with van der Waals surface area (Å²) in [6.45, 7) is 3.83. The van der Waals surface area contributed by atoms with Gasteiger partial charge in [-0.25, -0.2) is 4.79 Å². The predicted octanol–water partition coefficient (Wildman–Crippen LogP) is 5.42. The maximum Gasteiger partial charge on any atom is 0.321 e. The van der Waals surface area contributed by atoms with E-state index in [9.17, 15) is 4.79 Å². The van der Waals surface area contributed by atoms with Crippen molar-refractivity contribution in [1.82, 2.24) is 4.90 Å². The number of nitrogens with one attached hydrogen (secondary N) is 1. The third-order valence-corrected chi connectivity index (χ3v) is 5.85. The molecule has 6 nitrogen and oxygen atoms in total. The number of hydrogen-bond acceptors (Lipinski definition) is 4. The lowest BCUT2D eigenvalue weighted by Gasteiger charge is -2.36. The van der Waals surface area contributed by atoms with E-state index in [4.69, 9.17) is 21.1 Å². The lowest BCUT2D eigenvalue weighted by atomic mass is 10.2. The Morgan fingerprint density at radius 1 is 0.909 bits per heavy atom. The minimum atomic E-state index is -0.0861. The molecule has 0 radical (unpaired) electrons. The largest absolute Gasteiger partial charge is 0.497 e. The molecule has 3 aromatic rings. The average Bonchev–Trinajstić information content (AvgIpc) is 2.85. The Labute approximate surface area is 199 Å². The van der Waals surface area contributed by atoms with Crippen molar-refractivity contribution in [2.75, 3.05) is 43.5 Å². The number of hydrogen-bond donors (Lipinski definition) is 1. The molecule has 172 valence electrons. The smallest absolute Gasteiger partial charge is 0.321 e. The fourth-order valence-corrected chi connectivity index (χ4v) is 3.97. The van der Waals surface area contributed by atoms with Gasteiger partial charge in [-0.3, -0.25) is 0 Å². The molecular weight excluding hydrogens is 438 g/mol. The van der Waals surface area contributed by atoms with Crippen LogP contribution in [0.1, 0.15) is 11.1 Å². The lowest BCUT2D eigenvalue weighted by Crippen LogP contribution is -2.50. The highest BCUT2D eigenvalue weighted by Gasteiger charge is 2.21. The maximum atomic E-state index is 12.8. The first kappa shape index (κ1) is 23.0. The first-order valence-corrected chi connectivity index (χ1v) is 11.3. The first-order chi connectivity index (χ1) is 16.1. The monoisotopic (exact) mass is 465 g/mol. The van der Waals surface area contributed by atoms with Crippen LogP contribution in [0.2, 0.25) is 5.02 Å². The zero-order chi connectivity index (χ0) is 23.0. The second kappa shape index (κ2) is 11.1. The average molecular weight is 466 g/mol. The van der Waals surface area contributed by atoms with Crippen molar-refractivity contribution < 1.29 is 14.3 Å². The van der Waals surface area contributed by atoms with E-state index in [2.05, 4.69) is 10.2 Å². The summed E-state index contributed by atoms with van der Waals surface area (Å²) in [6.07, 6.45) is 0. The van der Waals surface area contributed by atoms with Crippen molar-refractivity contribution in [3.05, 3.63) is 88.9 Å². The van der Waals surface area contributed by atoms with Crippen LogP contribution in [0, 0.1) is 0 Å². The molecule has 3 aromatic carbocycles. The van der Waals surface area contributed by atoms with Crippen LogP contribution < -0.4 is 15.0 Å². The van der Waals surface area contributed by atoms with Gasteiger partial charge >= 0.3 is 6.03 Å². The van der Waals surface area contributed by atoms with Crippen LogP contribution in [0.25, 0.3) is 0 Å². The first-order valence-electron chi connectivity index (χ1n) is 11.0. The van der Waals surface area contributed by atoms with Crippen LogP contribution in [-0.2, 0) is 18.0 Å². The van der Waals surface area contributed by atoms with Gasteiger partial charge in [-0.05, 0) is 53.6 Å². The van der Waals surface area contributed by atoms with Crippen molar-refractivity contribution in [2.45, 2.75) is 13.2 Å². The Morgan fingerprint density at radius 3 is 2.36 bits per heavy atom. The quantitative estimate of drug-likeness (QED) is 0.506. The number of nitrogens with zero attached hydrogens (tertiary/aromatic N) is 2. The summed E-state index contributed by atoms with van der Waals surface area (Å²) in [4.78, 5) is 16.8. The van der Waals surface area contributed by atoms with E-state index in [1.165, 1.54) is 0 Å². The van der Waals surface area contributed by atoms with Crippen LogP contribution in [-0.4, -0.2) is 44.2 Å². The number of methoxy groups -OCH3 is 1. The summed E-state index contributed by atoms with van der Waals surface area (Å²) in [5.74, 6) is 0.827. The number of halogens is 1. The number of amides is 2. The van der Waals surface area contributed by atoms with E-state index in [1.807, 2.05) is 77.7 Å². The normalized spacial score (nSPS) is 13.6. The molecule has 0 spiro atoms. The lowest BCUT2D eigenvalue weighted by molar-refractivity contribution is 0.107. The summed E-state index contributed by atoms with van der Waals surface area (Å²) in [6, 6.07) is 23.3. The number of ether oxygens (including phenoxy) is 2. The second-order valence-electron chi connectivity index (χ2n) is 7.93. The number of benzene rings is 3. The fraction of sp³-hybridized carbons (Fsp3) is 0.269. The van der Waals surface area contributed by atoms with Crippen molar-refractivity contribution in [2.24, 2.45) is 0 Å². The minimum Gasteiger partial charge on any atom is -0.497 e. The summed E-state index contributed by atoms with van der Waals surface area (Å²) in [5, 5.41) is 3.74. The van der Waals surface area contributed by atoms with E-state index in [-0.39, 0.29) is 6.03 Å². The van der Waals surface area contributed by atoms with Crippen LogP contribution in [0.4, 0.5) is 16.2 Å². The second-order valence-corrected chi connectivity index (χ2v) is 8.36. The summed E-state index contributed by atoms with van der Waals surface area (Å²) in [5.41, 5.74) is 3.94. The summed E-state index contributed by atoms with van der Waals surface area (Å²) < 4.78 is 11.0. The molecular formula is C26H28ClN3O3. The number of anilines is 2. The van der Waals surface area contributed by atoms with Gasteiger partial charge in [0.15, 0.2) is 0 Å². The van der Waals surface area contributed by atoms with E-state index in [0.717, 1.165) is 46.4 Å². The Hall–Kier alpha value is -3.22. The van der Waals surface area contributed by atoms with Gasteiger partial charge in [0, 0.05) is 42.6 Å². The number of rotatable bonds is 7. The van der Waals surface area contributed by atoms with E-state index >= 15 is 0 Å². The zero-order valence-electron chi connectivity index (χ0n) is 18.7. The van der Waals surface area contributed by atoms with Crippen molar-refractivity contribution in [1.29, 1.82) is 0 Å². The highest BCUT2D eigenvalue weighted by atomic mass is 35.5. The zero-order valence-corrected chi connectivity index (χ0v) is 19.4. The topological polar surface area (TPSA) is 54.0 Å². The molecule has 0 bridgehead atoms. The van der Waals surface area contributed by atoms with Gasteiger partial charge in [-0.1, -0.05) is 41.9 Å². The van der Waals surface area contributed by atoms with Crippen LogP contribution in [0.5, 0.6) is 5.75 Å². The van der Waals surface area contributed by atoms with Gasteiger partial charge in [0.25, 0.3) is 0 Å². The Balaban J connectivity index is 1.25. The molecule has 0 saturated carbocycles. The molecule has 0 aliphatic carbocycles. The van der Waals surface area contributed by atoms with Gasteiger partial charge in [0.2, 0.25) is 0 Å². The molecule has 4 rings (SSSR count). The third-order valence-electron chi connectivity index (χ3n) is 5.61. The Kier molecular flexibility index (Phi) is 7.70. The molecule has 0 unspecified atom stereocenters. The van der Waals surface area contributed by atoms with Gasteiger partial charge in [-0.2, -0.15) is 0 Å². The molecule has 7 heteroatoms. The maximum absolute atomic E-state index is 12.8. The standard InChI is InChI=1S/C26H28ClN3O3/c1-32-25-10-8-20(9-11-25)18-33-19-21-4-2-6-23(16-21)28-26(31)30-14-12-29(13-15-30)24-7-3-5-22(27)17-24/h2-11,16-17H,12-15,18-19H2,1H3,(H,28,31). The molecule has 1 aliphatic heterocycles. The third kappa shape index (κ3) is 6.40. The SMILES string of the molecule is COc1ccc(COCc2cccc(NC(=O)N3CCN(c4cccc(Cl)c4)CC3)c2)cc1. The molecule has 1 fully saturated rings. The van der Waals surface area contributed by atoms with Crippen molar-refractivity contribution in [3.8, 4) is 5.75 Å².